The molecule has 0 spiro atoms. The van der Waals surface area contributed by atoms with E-state index in [9.17, 15) is 17.2 Å². The summed E-state index contributed by atoms with van der Waals surface area (Å²) in [5.41, 5.74) is 1.76. The number of hydrogen-bond donors (Lipinski definition) is 0. The molecule has 0 radical (unpaired) electrons. The first-order valence-corrected chi connectivity index (χ1v) is 11.1. The van der Waals surface area contributed by atoms with E-state index in [1.165, 1.54) is 16.8 Å². The average molecular weight is 442 g/mol. The summed E-state index contributed by atoms with van der Waals surface area (Å²) in [6.07, 6.45) is 3.04. The molecule has 4 aromatic rings. The smallest absolute Gasteiger partial charge is 0.268 e. The number of anilines is 1. The van der Waals surface area contributed by atoms with E-state index in [4.69, 9.17) is 0 Å². The van der Waals surface area contributed by atoms with E-state index in [1.54, 1.807) is 24.4 Å². The molecule has 0 fully saturated rings. The molecule has 0 aliphatic rings. The van der Waals surface area contributed by atoms with Gasteiger partial charge in [-0.15, -0.1) is 10.2 Å². The van der Waals surface area contributed by atoms with E-state index >= 15 is 0 Å². The van der Waals surface area contributed by atoms with Crippen molar-refractivity contribution in [3.8, 4) is 0 Å². The molecule has 9 heteroatoms. The molecule has 0 saturated heterocycles. The van der Waals surface area contributed by atoms with E-state index in [2.05, 4.69) is 10.2 Å². The highest BCUT2D eigenvalue weighted by Gasteiger charge is 2.28. The number of sulfonamides is 1. The van der Waals surface area contributed by atoms with Crippen LogP contribution in [0.3, 0.4) is 0 Å². The fourth-order valence-electron chi connectivity index (χ4n) is 3.35. The van der Waals surface area contributed by atoms with Gasteiger partial charge in [0.2, 0.25) is 0 Å². The van der Waals surface area contributed by atoms with Crippen LogP contribution in [0, 0.1) is 11.6 Å². The molecule has 4 rings (SSSR count). The van der Waals surface area contributed by atoms with Gasteiger partial charge in [0.15, 0.2) is 5.65 Å². The zero-order valence-corrected chi connectivity index (χ0v) is 17.7. The minimum absolute atomic E-state index is 0.0580. The summed E-state index contributed by atoms with van der Waals surface area (Å²) in [7, 11) is -4.14. The second-order valence-corrected chi connectivity index (χ2v) is 9.30. The van der Waals surface area contributed by atoms with Gasteiger partial charge in [-0.05, 0) is 53.4 Å². The van der Waals surface area contributed by atoms with Crippen molar-refractivity contribution in [2.45, 2.75) is 31.2 Å². The SMILES string of the molecule is CC(C)c1ccc(N(Cc2cc(F)cc(F)c2)S(=O)(=O)c2cccn3cnnc23)cc1. The van der Waals surface area contributed by atoms with E-state index in [1.807, 2.05) is 26.0 Å². The van der Waals surface area contributed by atoms with Crippen LogP contribution in [0.4, 0.5) is 14.5 Å². The molecule has 0 atom stereocenters. The van der Waals surface area contributed by atoms with Gasteiger partial charge in [0.25, 0.3) is 10.0 Å². The van der Waals surface area contributed by atoms with Crippen LogP contribution in [0.15, 0.2) is 72.0 Å². The molecule has 0 N–H and O–H groups in total. The van der Waals surface area contributed by atoms with Crippen LogP contribution in [-0.2, 0) is 16.6 Å². The van der Waals surface area contributed by atoms with Crippen molar-refractivity contribution >= 4 is 21.4 Å². The Kier molecular flexibility index (Phi) is 5.45. The Morgan fingerprint density at radius 1 is 1.03 bits per heavy atom. The number of pyridine rings is 1. The van der Waals surface area contributed by atoms with Gasteiger partial charge < -0.3 is 0 Å². The van der Waals surface area contributed by atoms with Crippen LogP contribution < -0.4 is 4.31 Å². The lowest BCUT2D eigenvalue weighted by molar-refractivity contribution is 0.576. The lowest BCUT2D eigenvalue weighted by Gasteiger charge is -2.25. The van der Waals surface area contributed by atoms with Crippen LogP contribution in [0.1, 0.15) is 30.9 Å². The Morgan fingerprint density at radius 2 is 1.71 bits per heavy atom. The fourth-order valence-corrected chi connectivity index (χ4v) is 4.94. The minimum Gasteiger partial charge on any atom is -0.288 e. The first-order chi connectivity index (χ1) is 14.8. The second-order valence-electron chi connectivity index (χ2n) is 7.47. The number of nitrogens with zero attached hydrogens (tertiary/aromatic N) is 4. The fraction of sp³-hybridized carbons (Fsp3) is 0.182. The lowest BCUT2D eigenvalue weighted by atomic mass is 10.0. The molecule has 2 heterocycles. The third-order valence-corrected chi connectivity index (χ3v) is 6.75. The molecule has 0 aliphatic carbocycles. The third-order valence-electron chi connectivity index (χ3n) is 4.95. The summed E-state index contributed by atoms with van der Waals surface area (Å²) in [5.74, 6) is -1.29. The monoisotopic (exact) mass is 442 g/mol. The van der Waals surface area contributed by atoms with Crippen LogP contribution >= 0.6 is 0 Å². The van der Waals surface area contributed by atoms with Crippen molar-refractivity contribution in [2.75, 3.05) is 4.31 Å². The van der Waals surface area contributed by atoms with Gasteiger partial charge in [0.1, 0.15) is 22.9 Å². The number of halogens is 2. The molecule has 31 heavy (non-hydrogen) atoms. The van der Waals surface area contributed by atoms with Crippen molar-refractivity contribution in [3.63, 3.8) is 0 Å². The maximum absolute atomic E-state index is 13.8. The van der Waals surface area contributed by atoms with Gasteiger partial charge in [-0.25, -0.2) is 17.2 Å². The number of rotatable bonds is 6. The largest absolute Gasteiger partial charge is 0.288 e. The molecule has 0 aliphatic heterocycles. The molecular weight excluding hydrogens is 422 g/mol. The van der Waals surface area contributed by atoms with Crippen molar-refractivity contribution in [1.82, 2.24) is 14.6 Å². The maximum Gasteiger partial charge on any atom is 0.268 e. The van der Waals surface area contributed by atoms with Gasteiger partial charge in [-0.2, -0.15) is 0 Å². The average Bonchev–Trinajstić information content (AvgIpc) is 3.20. The second kappa shape index (κ2) is 8.07. The zero-order chi connectivity index (χ0) is 22.2. The zero-order valence-electron chi connectivity index (χ0n) is 16.9. The Morgan fingerprint density at radius 3 is 2.35 bits per heavy atom. The molecule has 0 unspecified atom stereocenters. The minimum atomic E-state index is -4.14. The molecule has 6 nitrogen and oxygen atoms in total. The molecule has 2 aromatic carbocycles. The summed E-state index contributed by atoms with van der Waals surface area (Å²) in [6, 6.07) is 13.0. The normalized spacial score (nSPS) is 11.9. The van der Waals surface area contributed by atoms with E-state index in [-0.39, 0.29) is 28.6 Å². The summed E-state index contributed by atoms with van der Waals surface area (Å²) < 4.78 is 57.6. The number of benzene rings is 2. The highest BCUT2D eigenvalue weighted by molar-refractivity contribution is 7.93. The van der Waals surface area contributed by atoms with Crippen LogP contribution in [0.2, 0.25) is 0 Å². The van der Waals surface area contributed by atoms with Crippen LogP contribution in [0.5, 0.6) is 0 Å². The van der Waals surface area contributed by atoms with Crippen molar-refractivity contribution < 1.29 is 17.2 Å². The summed E-state index contributed by atoms with van der Waals surface area (Å²) in [4.78, 5) is -0.0580. The maximum atomic E-state index is 13.8. The highest BCUT2D eigenvalue weighted by atomic mass is 32.2. The van der Waals surface area contributed by atoms with Gasteiger partial charge in [-0.3, -0.25) is 8.71 Å². The van der Waals surface area contributed by atoms with Crippen LogP contribution in [0.25, 0.3) is 5.65 Å². The van der Waals surface area contributed by atoms with Crippen molar-refractivity contribution in [3.05, 3.63) is 89.9 Å². The topological polar surface area (TPSA) is 67.6 Å². The van der Waals surface area contributed by atoms with Crippen LogP contribution in [-0.4, -0.2) is 23.0 Å². The molecule has 0 amide bonds. The van der Waals surface area contributed by atoms with E-state index < -0.39 is 21.7 Å². The summed E-state index contributed by atoms with van der Waals surface area (Å²) >= 11 is 0. The summed E-state index contributed by atoms with van der Waals surface area (Å²) in [5, 5.41) is 7.70. The third kappa shape index (κ3) is 4.13. The van der Waals surface area contributed by atoms with Gasteiger partial charge in [0.05, 0.1) is 12.2 Å². The number of aromatic nitrogens is 3. The van der Waals surface area contributed by atoms with Gasteiger partial charge in [0, 0.05) is 12.3 Å². The molecule has 0 bridgehead atoms. The van der Waals surface area contributed by atoms with E-state index in [0.717, 1.165) is 28.1 Å². The molecular formula is C22H20F2N4O2S. The molecule has 2 aromatic heterocycles. The Hall–Kier alpha value is -3.33. The van der Waals surface area contributed by atoms with E-state index in [0.29, 0.717) is 5.69 Å². The number of fused-ring (bicyclic) bond motifs is 1. The first kappa shape index (κ1) is 20.9. The predicted molar refractivity (Wildman–Crippen MR) is 113 cm³/mol. The van der Waals surface area contributed by atoms with Gasteiger partial charge in [-0.1, -0.05) is 26.0 Å². The van der Waals surface area contributed by atoms with Gasteiger partial charge >= 0.3 is 0 Å². The number of hydrogen-bond acceptors (Lipinski definition) is 4. The first-order valence-electron chi connectivity index (χ1n) is 9.62. The predicted octanol–water partition coefficient (Wildman–Crippen LogP) is 4.53. The highest BCUT2D eigenvalue weighted by Crippen LogP contribution is 2.29. The molecule has 160 valence electrons. The standard InChI is InChI=1S/C22H20F2N4O2S/c1-15(2)17-5-7-20(8-6-17)28(13-16-10-18(23)12-19(24)11-16)31(29,30)21-4-3-9-27-14-25-26-22(21)27/h3-12,14-15H,13H2,1-2H3. The van der Waals surface area contributed by atoms with Crippen molar-refractivity contribution in [2.24, 2.45) is 0 Å². The quantitative estimate of drug-likeness (QED) is 0.440. The molecule has 0 saturated carbocycles. The Balaban J connectivity index is 1.85. The lowest BCUT2D eigenvalue weighted by Crippen LogP contribution is -2.31. The Labute approximate surface area is 178 Å². The Bertz CT molecular complexity index is 1320. The summed E-state index contributed by atoms with van der Waals surface area (Å²) in [6.45, 7) is 3.81. The van der Waals surface area contributed by atoms with Crippen molar-refractivity contribution in [1.29, 1.82) is 0 Å².